The monoisotopic (exact) mass is 772 g/mol. The molecular weight excluding hydrogens is 735 g/mol. The van der Waals surface area contributed by atoms with E-state index >= 15 is 0 Å². The molecule has 0 bridgehead atoms. The van der Waals surface area contributed by atoms with Gasteiger partial charge in [-0.3, -0.25) is 0 Å². The fourth-order valence-corrected chi connectivity index (χ4v) is 4.26. The summed E-state index contributed by atoms with van der Waals surface area (Å²) in [7, 11) is 0. The predicted molar refractivity (Wildman–Crippen MR) is 192 cm³/mol. The van der Waals surface area contributed by atoms with Gasteiger partial charge in [0.2, 0.25) is 0 Å². The summed E-state index contributed by atoms with van der Waals surface area (Å²) in [4.78, 5) is 60.6. The first kappa shape index (κ1) is 41.9. The topological polar surface area (TPSA) is 159 Å². The number of carbonyl (C=O) groups is 5. The maximum absolute atomic E-state index is 12.8. The standard InChI is InChI=1S/C38H38Cl2O13/c1-24-23-32(50-35(42)28-9-13-30(14-10-28)51-37(44)48-21-7-5-19-46-27(4)25(2)39)17-18-33(24)53-36(43)29-11-15-31(16-12-29)52-38(45)49-22-8-6-20-47-34(41)26(3)40/h9-18,23-24,33H,2-8,19-22H2,1H3. The van der Waals surface area contributed by atoms with Crippen molar-refractivity contribution in [3.05, 3.63) is 119 Å². The number of carbonyl (C=O) groups excluding carboxylic acids is 5. The number of hydrogen-bond donors (Lipinski definition) is 0. The fraction of sp³-hybridized carbons (Fsp3) is 0.289. The van der Waals surface area contributed by atoms with Gasteiger partial charge in [-0.05, 0) is 92.4 Å². The number of unbranched alkanes of at least 4 members (excludes halogenated alkanes) is 2. The Morgan fingerprint density at radius 1 is 0.623 bits per heavy atom. The lowest BCUT2D eigenvalue weighted by molar-refractivity contribution is -0.138. The van der Waals surface area contributed by atoms with E-state index < -0.39 is 36.3 Å². The highest BCUT2D eigenvalue weighted by Gasteiger charge is 2.24. The molecule has 53 heavy (non-hydrogen) atoms. The Morgan fingerprint density at radius 3 is 1.57 bits per heavy atom. The van der Waals surface area contributed by atoms with Crippen molar-refractivity contribution in [2.75, 3.05) is 26.4 Å². The molecule has 0 N–H and O–H groups in total. The Morgan fingerprint density at radius 2 is 1.09 bits per heavy atom. The van der Waals surface area contributed by atoms with Crippen LogP contribution in [0.5, 0.6) is 11.5 Å². The van der Waals surface area contributed by atoms with Crippen molar-refractivity contribution in [3.63, 3.8) is 0 Å². The van der Waals surface area contributed by atoms with Crippen LogP contribution in [0.1, 0.15) is 53.3 Å². The normalized spacial score (nSPS) is 14.4. The maximum Gasteiger partial charge on any atom is 0.513 e. The number of ether oxygens (including phenoxy) is 8. The average Bonchev–Trinajstić information content (AvgIpc) is 3.12. The van der Waals surface area contributed by atoms with E-state index in [4.69, 9.17) is 61.1 Å². The van der Waals surface area contributed by atoms with Crippen LogP contribution >= 0.6 is 23.2 Å². The molecule has 0 amide bonds. The molecule has 1 aliphatic rings. The summed E-state index contributed by atoms with van der Waals surface area (Å²) in [6, 6.07) is 11.4. The van der Waals surface area contributed by atoms with Gasteiger partial charge >= 0.3 is 30.2 Å². The molecule has 3 rings (SSSR count). The van der Waals surface area contributed by atoms with Gasteiger partial charge in [-0.25, -0.2) is 24.0 Å². The first-order valence-electron chi connectivity index (χ1n) is 16.2. The van der Waals surface area contributed by atoms with Gasteiger partial charge in [-0.1, -0.05) is 49.9 Å². The minimum absolute atomic E-state index is 0.0397. The van der Waals surface area contributed by atoms with Crippen LogP contribution in [0.15, 0.2) is 108 Å². The average molecular weight is 774 g/mol. The molecule has 0 radical (unpaired) electrons. The van der Waals surface area contributed by atoms with Gasteiger partial charge in [0, 0.05) is 5.92 Å². The van der Waals surface area contributed by atoms with Crippen LogP contribution < -0.4 is 9.47 Å². The maximum atomic E-state index is 12.8. The van der Waals surface area contributed by atoms with Gasteiger partial charge < -0.3 is 37.9 Å². The van der Waals surface area contributed by atoms with Gasteiger partial charge in [0.1, 0.15) is 34.2 Å². The van der Waals surface area contributed by atoms with Gasteiger partial charge in [0.25, 0.3) is 0 Å². The Balaban J connectivity index is 1.35. The van der Waals surface area contributed by atoms with Crippen molar-refractivity contribution < 1.29 is 61.9 Å². The van der Waals surface area contributed by atoms with E-state index in [0.29, 0.717) is 32.3 Å². The summed E-state index contributed by atoms with van der Waals surface area (Å²) >= 11 is 11.1. The highest BCUT2D eigenvalue weighted by atomic mass is 35.5. The minimum Gasteiger partial charge on any atom is -0.493 e. The molecule has 0 saturated heterocycles. The lowest BCUT2D eigenvalue weighted by Gasteiger charge is -2.23. The molecule has 13 nitrogen and oxygen atoms in total. The summed E-state index contributed by atoms with van der Waals surface area (Å²) in [5, 5.41) is 0.00160. The Kier molecular flexibility index (Phi) is 17.2. The molecule has 0 saturated carbocycles. The quantitative estimate of drug-likeness (QED) is 0.0255. The number of benzene rings is 2. The van der Waals surface area contributed by atoms with Crippen LogP contribution in [-0.2, 0) is 33.2 Å². The fourth-order valence-electron chi connectivity index (χ4n) is 4.15. The van der Waals surface area contributed by atoms with E-state index in [1.165, 1.54) is 54.6 Å². The molecule has 0 heterocycles. The number of hydrogen-bond acceptors (Lipinski definition) is 13. The molecule has 15 heteroatoms. The number of rotatable bonds is 19. The van der Waals surface area contributed by atoms with Crippen LogP contribution in [0.4, 0.5) is 9.59 Å². The van der Waals surface area contributed by atoms with E-state index in [1.54, 1.807) is 19.1 Å². The van der Waals surface area contributed by atoms with Crippen LogP contribution in [0.3, 0.4) is 0 Å². The lowest BCUT2D eigenvalue weighted by atomic mass is 9.98. The molecule has 0 aliphatic heterocycles. The zero-order chi connectivity index (χ0) is 38.8. The van der Waals surface area contributed by atoms with Crippen molar-refractivity contribution in [1.82, 2.24) is 0 Å². The van der Waals surface area contributed by atoms with Gasteiger partial charge in [0.05, 0.1) is 42.6 Å². The summed E-state index contributed by atoms with van der Waals surface area (Å²) in [5.74, 6) is -1.44. The Labute approximate surface area is 316 Å². The molecule has 2 aromatic rings. The number of halogens is 2. The van der Waals surface area contributed by atoms with Crippen LogP contribution in [0.25, 0.3) is 0 Å². The molecule has 1 aliphatic carbocycles. The third-order valence-corrected chi connectivity index (χ3v) is 7.35. The Bertz CT molecular complexity index is 1710. The summed E-state index contributed by atoms with van der Waals surface area (Å²) in [6.07, 6.45) is 4.27. The van der Waals surface area contributed by atoms with E-state index in [9.17, 15) is 24.0 Å². The third-order valence-electron chi connectivity index (χ3n) is 6.98. The highest BCUT2D eigenvalue weighted by molar-refractivity contribution is 6.40. The molecule has 282 valence electrons. The summed E-state index contributed by atoms with van der Waals surface area (Å²) in [5.41, 5.74) is 0.420. The second-order valence-corrected chi connectivity index (χ2v) is 12.0. The first-order valence-corrected chi connectivity index (χ1v) is 17.0. The van der Waals surface area contributed by atoms with Crippen molar-refractivity contribution >= 4 is 53.4 Å². The second kappa shape index (κ2) is 21.7. The second-order valence-electron chi connectivity index (χ2n) is 11.1. The molecule has 2 unspecified atom stereocenters. The predicted octanol–water partition coefficient (Wildman–Crippen LogP) is 8.33. The van der Waals surface area contributed by atoms with Crippen LogP contribution in [0, 0.1) is 5.92 Å². The first-order chi connectivity index (χ1) is 25.3. The molecule has 0 aromatic heterocycles. The van der Waals surface area contributed by atoms with Crippen LogP contribution in [-0.4, -0.2) is 62.8 Å². The molecule has 0 fully saturated rings. The van der Waals surface area contributed by atoms with Gasteiger partial charge in [0.15, 0.2) is 0 Å². The number of allylic oxidation sites excluding steroid dienone is 2. The third kappa shape index (κ3) is 15.3. The van der Waals surface area contributed by atoms with Crippen molar-refractivity contribution in [3.8, 4) is 11.5 Å². The van der Waals surface area contributed by atoms with Gasteiger partial charge in [-0.2, -0.15) is 0 Å². The molecule has 2 aromatic carbocycles. The van der Waals surface area contributed by atoms with Crippen molar-refractivity contribution in [2.45, 2.75) is 38.7 Å². The van der Waals surface area contributed by atoms with Crippen LogP contribution in [0.2, 0.25) is 0 Å². The smallest absolute Gasteiger partial charge is 0.493 e. The molecule has 2 atom stereocenters. The SMILES string of the molecule is C=C(Cl)C(=C)OCCCCOC(=O)Oc1ccc(C(=O)OC2=CC(C)C(OC(=O)c3ccc(OC(=O)OCCCCOC(=O)C(=C)Cl)cc3)C=C2)cc1. The van der Waals surface area contributed by atoms with E-state index in [0.717, 1.165) is 0 Å². The van der Waals surface area contributed by atoms with Crippen molar-refractivity contribution in [1.29, 1.82) is 0 Å². The number of esters is 3. The largest absolute Gasteiger partial charge is 0.513 e. The van der Waals surface area contributed by atoms with Gasteiger partial charge in [-0.15, -0.1) is 0 Å². The zero-order valence-electron chi connectivity index (χ0n) is 28.8. The summed E-state index contributed by atoms with van der Waals surface area (Å²) in [6.45, 7) is 12.8. The molecule has 0 spiro atoms. The molecular formula is C38H38Cl2O13. The summed E-state index contributed by atoms with van der Waals surface area (Å²) < 4.78 is 41.4. The van der Waals surface area contributed by atoms with E-state index in [2.05, 4.69) is 19.7 Å². The lowest BCUT2D eigenvalue weighted by Crippen LogP contribution is -2.25. The van der Waals surface area contributed by atoms with E-state index in [-0.39, 0.29) is 69.9 Å². The van der Waals surface area contributed by atoms with Crippen molar-refractivity contribution in [2.24, 2.45) is 5.92 Å². The minimum atomic E-state index is -0.937. The zero-order valence-corrected chi connectivity index (χ0v) is 30.4. The Hall–Kier alpha value is -5.53. The van der Waals surface area contributed by atoms with E-state index in [1.807, 2.05) is 0 Å². The highest BCUT2D eigenvalue weighted by Crippen LogP contribution is 2.24.